The van der Waals surface area contributed by atoms with Gasteiger partial charge in [-0.2, -0.15) is 0 Å². The summed E-state index contributed by atoms with van der Waals surface area (Å²) in [6, 6.07) is 0. The zero-order chi connectivity index (χ0) is 9.19. The second-order valence-corrected chi connectivity index (χ2v) is 2.58. The van der Waals surface area contributed by atoms with Gasteiger partial charge < -0.3 is 4.74 Å². The van der Waals surface area contributed by atoms with Gasteiger partial charge in [-0.05, 0) is 18.2 Å². The van der Waals surface area contributed by atoms with Crippen LogP contribution in [0.5, 0.6) is 0 Å². The van der Waals surface area contributed by atoms with E-state index in [4.69, 9.17) is 0 Å². The first-order valence-corrected chi connectivity index (χ1v) is 3.46. The van der Waals surface area contributed by atoms with E-state index in [0.717, 1.165) is 0 Å². The normalized spacial score (nSPS) is 17.6. The summed E-state index contributed by atoms with van der Waals surface area (Å²) < 4.78 is 38.5. The molecule has 65 valence electrons. The molecule has 0 aromatic heterocycles. The molecule has 0 unspecified atom stereocenters. The van der Waals surface area contributed by atoms with Crippen molar-refractivity contribution in [1.82, 2.24) is 0 Å². The summed E-state index contributed by atoms with van der Waals surface area (Å²) in [5.41, 5.74) is 0. The number of ether oxygens (including phenoxy) is 1. The molecule has 1 aliphatic carbocycles. The molecule has 1 aliphatic rings. The summed E-state index contributed by atoms with van der Waals surface area (Å²) in [6.45, 7) is 0. The van der Waals surface area contributed by atoms with Crippen molar-refractivity contribution in [2.24, 2.45) is 0 Å². The minimum Gasteiger partial charge on any atom is -0.410 e. The molecule has 1 rings (SSSR count). The molecule has 0 aliphatic heterocycles. The predicted octanol–water partition coefficient (Wildman–Crippen LogP) is 2.54. The Hall–Kier alpha value is -0.840. The van der Waals surface area contributed by atoms with Crippen LogP contribution in [0.25, 0.3) is 0 Å². The van der Waals surface area contributed by atoms with Crippen molar-refractivity contribution in [2.75, 3.05) is 0 Å². The van der Waals surface area contributed by atoms with E-state index in [9.17, 15) is 13.2 Å². The largest absolute Gasteiger partial charge is 0.572 e. The lowest BCUT2D eigenvalue weighted by Crippen LogP contribution is -2.15. The first-order valence-electron chi connectivity index (χ1n) is 3.05. The molecule has 0 saturated heterocycles. The highest BCUT2D eigenvalue weighted by molar-refractivity contribution is 7.80. The Morgan fingerprint density at radius 3 is 2.67 bits per heavy atom. The molecule has 0 atom stereocenters. The lowest BCUT2D eigenvalue weighted by Gasteiger charge is -2.13. The monoisotopic (exact) mass is 193 g/mol. The van der Waals surface area contributed by atoms with E-state index >= 15 is 0 Å². The van der Waals surface area contributed by atoms with Gasteiger partial charge in [0.1, 0.15) is 5.76 Å². The first kappa shape index (κ1) is 9.25. The van der Waals surface area contributed by atoms with Gasteiger partial charge in [0.25, 0.3) is 0 Å². The van der Waals surface area contributed by atoms with Crippen LogP contribution in [0.1, 0.15) is 6.42 Å². The fourth-order valence-electron chi connectivity index (χ4n) is 0.715. The van der Waals surface area contributed by atoms with Crippen LogP contribution in [0.2, 0.25) is 0 Å². The van der Waals surface area contributed by atoms with Crippen LogP contribution in [-0.4, -0.2) is 11.2 Å². The highest BCUT2D eigenvalue weighted by Crippen LogP contribution is 2.24. The lowest BCUT2D eigenvalue weighted by atomic mass is 10.2. The number of alkyl halides is 3. The Kier molecular flexibility index (Phi) is 2.52. The average Bonchev–Trinajstić information content (AvgIpc) is 1.82. The molecular weight excluding hydrogens is 189 g/mol. The van der Waals surface area contributed by atoms with Gasteiger partial charge in [0.05, 0.1) is 0 Å². The summed E-state index contributed by atoms with van der Waals surface area (Å²) in [7, 11) is 0. The van der Waals surface area contributed by atoms with E-state index in [1.165, 1.54) is 12.2 Å². The van der Waals surface area contributed by atoms with Crippen LogP contribution in [0, 0.1) is 6.08 Å². The van der Waals surface area contributed by atoms with Crippen molar-refractivity contribution in [3.8, 4) is 0 Å². The van der Waals surface area contributed by atoms with Gasteiger partial charge in [0.2, 0.25) is 0 Å². The van der Waals surface area contributed by atoms with E-state index in [2.05, 4.69) is 23.0 Å². The second kappa shape index (κ2) is 3.26. The maximum Gasteiger partial charge on any atom is 0.572 e. The molecule has 0 fully saturated rings. The zero-order valence-electron chi connectivity index (χ0n) is 5.81. The maximum atomic E-state index is 11.6. The SMILES string of the molecule is FC(F)(F)OC1=CC=[C]C(=S)C1. The third kappa shape index (κ3) is 3.04. The van der Waals surface area contributed by atoms with Gasteiger partial charge in [-0.3, -0.25) is 0 Å². The predicted molar refractivity (Wildman–Crippen MR) is 40.3 cm³/mol. The molecule has 1 nitrogen and oxygen atoms in total. The van der Waals surface area contributed by atoms with E-state index in [0.29, 0.717) is 4.86 Å². The number of thiocarbonyl (C=S) groups is 1. The molecule has 0 aromatic rings. The molecule has 0 N–H and O–H groups in total. The number of hydrogen-bond donors (Lipinski definition) is 0. The van der Waals surface area contributed by atoms with Crippen molar-refractivity contribution in [2.45, 2.75) is 12.8 Å². The Bertz CT molecular complexity index is 252. The minimum absolute atomic E-state index is 0.00859. The summed E-state index contributed by atoms with van der Waals surface area (Å²) in [5, 5.41) is 0. The Balaban J connectivity index is 2.60. The third-order valence-corrected chi connectivity index (χ3v) is 1.36. The third-order valence-electron chi connectivity index (χ3n) is 1.10. The van der Waals surface area contributed by atoms with E-state index in [-0.39, 0.29) is 12.2 Å². The fourth-order valence-corrected chi connectivity index (χ4v) is 0.925. The molecule has 0 spiro atoms. The average molecular weight is 193 g/mol. The van der Waals surface area contributed by atoms with Crippen molar-refractivity contribution >= 4 is 17.1 Å². The van der Waals surface area contributed by atoms with Crippen molar-refractivity contribution in [3.63, 3.8) is 0 Å². The summed E-state index contributed by atoms with van der Waals surface area (Å²) in [5.74, 6) is -0.189. The molecule has 0 aromatic carbocycles. The van der Waals surface area contributed by atoms with Crippen molar-refractivity contribution < 1.29 is 17.9 Å². The van der Waals surface area contributed by atoms with E-state index < -0.39 is 6.36 Å². The van der Waals surface area contributed by atoms with Crippen LogP contribution in [0.4, 0.5) is 13.2 Å². The van der Waals surface area contributed by atoms with Crippen LogP contribution in [0.15, 0.2) is 17.9 Å². The number of rotatable bonds is 1. The van der Waals surface area contributed by atoms with Crippen LogP contribution < -0.4 is 0 Å². The van der Waals surface area contributed by atoms with Gasteiger partial charge >= 0.3 is 6.36 Å². The fraction of sp³-hybridized carbons (Fsp3) is 0.286. The van der Waals surface area contributed by atoms with Gasteiger partial charge in [0.15, 0.2) is 0 Å². The van der Waals surface area contributed by atoms with Crippen molar-refractivity contribution in [1.29, 1.82) is 0 Å². The smallest absolute Gasteiger partial charge is 0.410 e. The standard InChI is InChI=1S/C7H4F3OS/c8-7(9,10)11-5-2-1-3-6(12)4-5/h1-2H,4H2. The van der Waals surface area contributed by atoms with E-state index in [1.54, 1.807) is 0 Å². The van der Waals surface area contributed by atoms with Gasteiger partial charge in [-0.1, -0.05) is 12.2 Å². The summed E-state index contributed by atoms with van der Waals surface area (Å²) >= 11 is 4.64. The second-order valence-electron chi connectivity index (χ2n) is 2.09. The Labute approximate surface area is 72.5 Å². The highest BCUT2D eigenvalue weighted by Gasteiger charge is 2.32. The van der Waals surface area contributed by atoms with Gasteiger partial charge in [0, 0.05) is 11.3 Å². The number of hydrogen-bond acceptors (Lipinski definition) is 2. The molecular formula is C7H4F3OS. The molecule has 0 amide bonds. The van der Waals surface area contributed by atoms with E-state index in [1.807, 2.05) is 0 Å². The van der Waals surface area contributed by atoms with Crippen LogP contribution in [-0.2, 0) is 4.74 Å². The zero-order valence-corrected chi connectivity index (χ0v) is 6.63. The molecule has 5 heteroatoms. The van der Waals surface area contributed by atoms with Crippen molar-refractivity contribution in [3.05, 3.63) is 24.0 Å². The van der Waals surface area contributed by atoms with Gasteiger partial charge in [-0.25, -0.2) is 0 Å². The molecule has 0 heterocycles. The quantitative estimate of drug-likeness (QED) is 0.592. The number of halogens is 3. The molecule has 0 bridgehead atoms. The minimum atomic E-state index is -4.63. The molecule has 12 heavy (non-hydrogen) atoms. The molecule has 0 saturated carbocycles. The maximum absolute atomic E-state index is 11.6. The van der Waals surface area contributed by atoms with Gasteiger partial charge in [-0.15, -0.1) is 13.2 Å². The van der Waals surface area contributed by atoms with Crippen LogP contribution >= 0.6 is 12.2 Å². The summed E-state index contributed by atoms with van der Waals surface area (Å²) in [6.07, 6.45) is 0.450. The molecule has 1 radical (unpaired) electrons. The Morgan fingerprint density at radius 1 is 1.50 bits per heavy atom. The number of allylic oxidation sites excluding steroid dienone is 4. The first-order chi connectivity index (χ1) is 5.47. The Morgan fingerprint density at radius 2 is 2.17 bits per heavy atom. The summed E-state index contributed by atoms with van der Waals surface area (Å²) in [4.78, 5) is 0.316. The lowest BCUT2D eigenvalue weighted by molar-refractivity contribution is -0.305. The topological polar surface area (TPSA) is 9.23 Å². The highest BCUT2D eigenvalue weighted by atomic mass is 32.1. The van der Waals surface area contributed by atoms with Crippen LogP contribution in [0.3, 0.4) is 0 Å².